The SMILES string of the molecule is COc1ccccc1CCC(=O)N1CCC(C(C)=O)CC1. The number of aryl methyl sites for hydroxylation is 1. The Bertz CT molecular complexity index is 505. The van der Waals surface area contributed by atoms with E-state index in [1.54, 1.807) is 14.0 Å². The maximum absolute atomic E-state index is 12.2. The van der Waals surface area contributed by atoms with Gasteiger partial charge in [0.1, 0.15) is 11.5 Å². The van der Waals surface area contributed by atoms with E-state index in [1.807, 2.05) is 29.2 Å². The third kappa shape index (κ3) is 4.06. The van der Waals surface area contributed by atoms with Crippen LogP contribution in [0.25, 0.3) is 0 Å². The van der Waals surface area contributed by atoms with Crippen LogP contribution in [0.4, 0.5) is 0 Å². The average Bonchev–Trinajstić information content (AvgIpc) is 2.52. The lowest BCUT2D eigenvalue weighted by atomic mass is 9.93. The number of likely N-dealkylation sites (tertiary alicyclic amines) is 1. The van der Waals surface area contributed by atoms with E-state index in [1.165, 1.54) is 0 Å². The number of carbonyl (C=O) groups excluding carboxylic acids is 2. The van der Waals surface area contributed by atoms with Gasteiger partial charge in [0, 0.05) is 25.4 Å². The Morgan fingerprint density at radius 3 is 2.52 bits per heavy atom. The van der Waals surface area contributed by atoms with Gasteiger partial charge in [0.15, 0.2) is 0 Å². The average molecular weight is 289 g/mol. The summed E-state index contributed by atoms with van der Waals surface area (Å²) >= 11 is 0. The molecule has 1 aromatic rings. The van der Waals surface area contributed by atoms with Gasteiger partial charge in [-0.2, -0.15) is 0 Å². The molecule has 0 saturated carbocycles. The van der Waals surface area contributed by atoms with Gasteiger partial charge in [-0.1, -0.05) is 18.2 Å². The second-order valence-electron chi connectivity index (χ2n) is 5.58. The lowest BCUT2D eigenvalue weighted by Crippen LogP contribution is -2.40. The van der Waals surface area contributed by atoms with E-state index in [-0.39, 0.29) is 17.6 Å². The lowest BCUT2D eigenvalue weighted by molar-refractivity contribution is -0.134. The molecule has 1 amide bonds. The highest BCUT2D eigenvalue weighted by Gasteiger charge is 2.24. The van der Waals surface area contributed by atoms with Gasteiger partial charge in [-0.25, -0.2) is 0 Å². The minimum atomic E-state index is 0.142. The Kier molecular flexibility index (Phi) is 5.37. The predicted octanol–water partition coefficient (Wildman–Crippen LogP) is 2.46. The van der Waals surface area contributed by atoms with Crippen molar-refractivity contribution in [3.05, 3.63) is 29.8 Å². The van der Waals surface area contributed by atoms with Crippen LogP contribution in [0.5, 0.6) is 5.75 Å². The molecule has 21 heavy (non-hydrogen) atoms. The fraction of sp³-hybridized carbons (Fsp3) is 0.529. The largest absolute Gasteiger partial charge is 0.496 e. The molecule has 0 atom stereocenters. The predicted molar refractivity (Wildman–Crippen MR) is 81.3 cm³/mol. The van der Waals surface area contributed by atoms with Crippen LogP contribution < -0.4 is 4.74 Å². The second kappa shape index (κ2) is 7.25. The first-order valence-corrected chi connectivity index (χ1v) is 7.52. The molecule has 1 fully saturated rings. The molecule has 4 nitrogen and oxygen atoms in total. The number of ether oxygens (including phenoxy) is 1. The van der Waals surface area contributed by atoms with E-state index in [0.29, 0.717) is 25.9 Å². The van der Waals surface area contributed by atoms with Crippen LogP contribution in [0.15, 0.2) is 24.3 Å². The molecular formula is C17H23NO3. The summed E-state index contributed by atoms with van der Waals surface area (Å²) in [6.45, 7) is 3.05. The first kappa shape index (κ1) is 15.5. The van der Waals surface area contributed by atoms with Gasteiger partial charge in [-0.05, 0) is 37.8 Å². The second-order valence-corrected chi connectivity index (χ2v) is 5.58. The summed E-state index contributed by atoms with van der Waals surface area (Å²) in [4.78, 5) is 25.5. The molecule has 0 unspecified atom stereocenters. The molecule has 0 radical (unpaired) electrons. The molecule has 2 rings (SSSR count). The van der Waals surface area contributed by atoms with Gasteiger partial charge in [0.2, 0.25) is 5.91 Å². The third-order valence-corrected chi connectivity index (χ3v) is 4.22. The quantitative estimate of drug-likeness (QED) is 0.836. The number of rotatable bonds is 5. The molecule has 1 heterocycles. The zero-order valence-electron chi connectivity index (χ0n) is 12.8. The number of carbonyl (C=O) groups is 2. The van der Waals surface area contributed by atoms with Crippen molar-refractivity contribution in [2.75, 3.05) is 20.2 Å². The van der Waals surface area contributed by atoms with E-state index in [0.717, 1.165) is 24.2 Å². The highest BCUT2D eigenvalue weighted by molar-refractivity contribution is 5.80. The first-order chi connectivity index (χ1) is 10.1. The van der Waals surface area contributed by atoms with Crippen molar-refractivity contribution in [3.8, 4) is 5.75 Å². The maximum Gasteiger partial charge on any atom is 0.222 e. The van der Waals surface area contributed by atoms with E-state index in [2.05, 4.69) is 0 Å². The number of benzene rings is 1. The topological polar surface area (TPSA) is 46.6 Å². The van der Waals surface area contributed by atoms with Gasteiger partial charge in [-0.3, -0.25) is 9.59 Å². The minimum absolute atomic E-state index is 0.142. The van der Waals surface area contributed by atoms with Gasteiger partial charge >= 0.3 is 0 Å². The van der Waals surface area contributed by atoms with Crippen molar-refractivity contribution in [1.29, 1.82) is 0 Å². The standard InChI is InChI=1S/C17H23NO3/c1-13(19)14-9-11-18(12-10-14)17(20)8-7-15-5-3-4-6-16(15)21-2/h3-6,14H,7-12H2,1-2H3. The number of hydrogen-bond acceptors (Lipinski definition) is 3. The van der Waals surface area contributed by atoms with Crippen LogP contribution in [-0.2, 0) is 16.0 Å². The summed E-state index contributed by atoms with van der Waals surface area (Å²) in [7, 11) is 1.65. The van der Waals surface area contributed by atoms with Crippen LogP contribution in [0.3, 0.4) is 0 Å². The molecule has 114 valence electrons. The van der Waals surface area contributed by atoms with Gasteiger partial charge in [0.25, 0.3) is 0 Å². The van der Waals surface area contributed by atoms with Gasteiger partial charge in [0.05, 0.1) is 7.11 Å². The smallest absolute Gasteiger partial charge is 0.222 e. The van der Waals surface area contributed by atoms with Crippen LogP contribution in [0.1, 0.15) is 31.7 Å². The summed E-state index contributed by atoms with van der Waals surface area (Å²) in [6, 6.07) is 7.80. The molecule has 1 aliphatic heterocycles. The Morgan fingerprint density at radius 1 is 1.24 bits per heavy atom. The maximum atomic E-state index is 12.2. The Morgan fingerprint density at radius 2 is 1.90 bits per heavy atom. The van der Waals surface area contributed by atoms with Crippen molar-refractivity contribution in [1.82, 2.24) is 4.90 Å². The summed E-state index contributed by atoms with van der Waals surface area (Å²) in [5.41, 5.74) is 1.06. The number of ketones is 1. The molecule has 4 heteroatoms. The van der Waals surface area contributed by atoms with Crippen molar-refractivity contribution in [2.24, 2.45) is 5.92 Å². The summed E-state index contributed by atoms with van der Waals surface area (Å²) in [5.74, 6) is 1.39. The van der Waals surface area contributed by atoms with Crippen LogP contribution in [0.2, 0.25) is 0 Å². The Balaban J connectivity index is 1.84. The first-order valence-electron chi connectivity index (χ1n) is 7.52. The van der Waals surface area contributed by atoms with Gasteiger partial charge in [-0.15, -0.1) is 0 Å². The van der Waals surface area contributed by atoms with Crippen molar-refractivity contribution >= 4 is 11.7 Å². The van der Waals surface area contributed by atoms with E-state index >= 15 is 0 Å². The Labute approximate surface area is 126 Å². The summed E-state index contributed by atoms with van der Waals surface area (Å²) in [6.07, 6.45) is 2.78. The minimum Gasteiger partial charge on any atom is -0.496 e. The van der Waals surface area contributed by atoms with Crippen LogP contribution in [-0.4, -0.2) is 36.8 Å². The number of nitrogens with zero attached hydrogens (tertiary/aromatic N) is 1. The van der Waals surface area contributed by atoms with E-state index in [9.17, 15) is 9.59 Å². The number of piperidine rings is 1. The number of methoxy groups -OCH3 is 1. The Hall–Kier alpha value is -1.84. The lowest BCUT2D eigenvalue weighted by Gasteiger charge is -2.31. The zero-order chi connectivity index (χ0) is 15.2. The van der Waals surface area contributed by atoms with Gasteiger partial charge < -0.3 is 9.64 Å². The molecule has 0 N–H and O–H groups in total. The molecule has 0 aromatic heterocycles. The molecule has 0 aliphatic carbocycles. The fourth-order valence-electron chi connectivity index (χ4n) is 2.84. The number of Topliss-reactive ketones (excluding diaryl/α,β-unsaturated/α-hetero) is 1. The molecule has 1 aromatic carbocycles. The highest BCUT2D eigenvalue weighted by Crippen LogP contribution is 2.21. The number of amides is 1. The molecular weight excluding hydrogens is 266 g/mol. The molecule has 0 bridgehead atoms. The normalized spacial score (nSPS) is 15.8. The third-order valence-electron chi connectivity index (χ3n) is 4.22. The molecule has 0 spiro atoms. The van der Waals surface area contributed by atoms with E-state index in [4.69, 9.17) is 4.74 Å². The summed E-state index contributed by atoms with van der Waals surface area (Å²) < 4.78 is 5.30. The highest BCUT2D eigenvalue weighted by atomic mass is 16.5. The number of hydrogen-bond donors (Lipinski definition) is 0. The van der Waals surface area contributed by atoms with Crippen molar-refractivity contribution in [2.45, 2.75) is 32.6 Å². The zero-order valence-corrected chi connectivity index (χ0v) is 12.8. The van der Waals surface area contributed by atoms with Crippen LogP contribution in [0, 0.1) is 5.92 Å². The number of para-hydroxylation sites is 1. The fourth-order valence-corrected chi connectivity index (χ4v) is 2.84. The summed E-state index contributed by atoms with van der Waals surface area (Å²) in [5, 5.41) is 0. The van der Waals surface area contributed by atoms with E-state index < -0.39 is 0 Å². The van der Waals surface area contributed by atoms with Crippen molar-refractivity contribution in [3.63, 3.8) is 0 Å². The molecule has 1 aliphatic rings. The monoisotopic (exact) mass is 289 g/mol. The molecule has 1 saturated heterocycles. The van der Waals surface area contributed by atoms with Crippen molar-refractivity contribution < 1.29 is 14.3 Å². The van der Waals surface area contributed by atoms with Crippen LogP contribution >= 0.6 is 0 Å².